The van der Waals surface area contributed by atoms with E-state index < -0.39 is 38.3 Å². The first-order valence-electron chi connectivity index (χ1n) is 12.3. The lowest BCUT2D eigenvalue weighted by molar-refractivity contribution is -0.120. The number of methoxy groups -OCH3 is 1. The van der Waals surface area contributed by atoms with E-state index in [2.05, 4.69) is 5.32 Å². The molecular weight excluding hydrogens is 586 g/mol. The molecule has 15 heteroatoms. The third-order valence-electron chi connectivity index (χ3n) is 7.20. The predicted molar refractivity (Wildman–Crippen MR) is 148 cm³/mol. The maximum atomic E-state index is 13.9. The van der Waals surface area contributed by atoms with Crippen molar-refractivity contribution in [3.63, 3.8) is 0 Å². The number of aliphatic hydroxyl groups is 1. The van der Waals surface area contributed by atoms with Crippen LogP contribution in [0, 0.1) is 0 Å². The first kappa shape index (κ1) is 32.2. The van der Waals surface area contributed by atoms with Crippen LogP contribution in [0.5, 0.6) is 5.75 Å². The van der Waals surface area contributed by atoms with Gasteiger partial charge in [-0.15, -0.1) is 0 Å². The summed E-state index contributed by atoms with van der Waals surface area (Å²) in [5.41, 5.74) is 0.724. The summed E-state index contributed by atoms with van der Waals surface area (Å²) < 4.78 is 28.8. The topological polar surface area (TPSA) is 194 Å². The monoisotopic (exact) mass is 618 g/mol. The molecule has 6 N–H and O–H groups in total. The first-order chi connectivity index (χ1) is 18.4. The van der Waals surface area contributed by atoms with E-state index in [1.54, 1.807) is 54.3 Å². The maximum Gasteiger partial charge on any atom is 0.369 e. The minimum Gasteiger partial charge on any atom is -0.497 e. The van der Waals surface area contributed by atoms with Crippen LogP contribution >= 0.6 is 26.8 Å². The van der Waals surface area contributed by atoms with Gasteiger partial charge in [-0.25, -0.2) is 0 Å². The third-order valence-corrected chi connectivity index (χ3v) is 11.3. The van der Waals surface area contributed by atoms with Crippen molar-refractivity contribution in [1.29, 1.82) is 0 Å². The van der Waals surface area contributed by atoms with Crippen molar-refractivity contribution in [2.24, 2.45) is 0 Å². The number of nitrogens with zero attached hydrogens (tertiary/aromatic N) is 1. The van der Waals surface area contributed by atoms with E-state index in [4.69, 9.17) is 16.3 Å². The molecule has 0 saturated carbocycles. The summed E-state index contributed by atoms with van der Waals surface area (Å²) in [7, 11) is -9.66. The highest BCUT2D eigenvalue weighted by Gasteiger charge is 2.58. The van der Waals surface area contributed by atoms with E-state index in [0.29, 0.717) is 28.4 Å². The van der Waals surface area contributed by atoms with Gasteiger partial charge in [-0.3, -0.25) is 23.6 Å². The highest BCUT2D eigenvalue weighted by atomic mass is 35.5. The van der Waals surface area contributed by atoms with Gasteiger partial charge in [0, 0.05) is 29.6 Å². The zero-order valence-electron chi connectivity index (χ0n) is 22.2. The van der Waals surface area contributed by atoms with Crippen LogP contribution in [0.1, 0.15) is 55.5 Å². The maximum absolute atomic E-state index is 13.9. The van der Waals surface area contributed by atoms with Gasteiger partial charge < -0.3 is 34.7 Å². The molecule has 2 amide bonds. The van der Waals surface area contributed by atoms with Gasteiger partial charge in [0.25, 0.3) is 11.0 Å². The molecule has 0 radical (unpaired) electrons. The molecule has 3 rings (SSSR count). The van der Waals surface area contributed by atoms with Crippen LogP contribution in [-0.4, -0.2) is 60.3 Å². The van der Waals surface area contributed by atoms with Crippen molar-refractivity contribution in [3.05, 3.63) is 58.6 Å². The van der Waals surface area contributed by atoms with Crippen LogP contribution in [0.2, 0.25) is 5.02 Å². The number of halogens is 1. The fourth-order valence-corrected chi connectivity index (χ4v) is 7.47. The van der Waals surface area contributed by atoms with Crippen LogP contribution in [0.15, 0.2) is 42.5 Å². The number of anilines is 1. The number of rotatable bonds is 11. The zero-order chi connectivity index (χ0) is 30.1. The number of benzene rings is 2. The summed E-state index contributed by atoms with van der Waals surface area (Å²) in [6.07, 6.45) is -0.491. The van der Waals surface area contributed by atoms with Gasteiger partial charge in [0.2, 0.25) is 5.91 Å². The standard InChI is InChI=1S/C25H33ClN2O10P2/c1-16(29)27-22(6-4-5-13-25(31,39(32,33)34)40(35,36)37)24(2)15-18-14-20(38-3)11-12-21(18)28(24)23(30)17-7-9-19(26)10-8-17/h7-12,14,22,31H,4-6,13,15H2,1-3H3,(H,27,29)(H2,32,33,34)(H2,35,36,37). The fraction of sp³-hybridized carbons (Fsp3) is 0.440. The zero-order valence-corrected chi connectivity index (χ0v) is 24.7. The average molecular weight is 619 g/mol. The van der Waals surface area contributed by atoms with E-state index in [1.165, 1.54) is 14.0 Å². The Hall–Kier alpha value is -2.27. The molecule has 40 heavy (non-hydrogen) atoms. The van der Waals surface area contributed by atoms with Gasteiger partial charge in [-0.1, -0.05) is 18.0 Å². The molecule has 2 aromatic rings. The molecule has 0 fully saturated rings. The number of ether oxygens (including phenoxy) is 1. The van der Waals surface area contributed by atoms with Crippen LogP contribution in [-0.2, 0) is 20.3 Å². The number of carbonyl (C=O) groups is 2. The summed E-state index contributed by atoms with van der Waals surface area (Å²) >= 11 is 6.01. The SMILES string of the molecule is COc1ccc2c(c1)CC(C)(C(CCCCC(O)(P(=O)(O)O)P(=O)(O)O)NC(C)=O)N2C(=O)c1ccc(Cl)cc1. The van der Waals surface area contributed by atoms with Crippen molar-refractivity contribution in [1.82, 2.24) is 5.32 Å². The van der Waals surface area contributed by atoms with Crippen LogP contribution < -0.4 is 15.0 Å². The number of amides is 2. The second kappa shape index (κ2) is 11.9. The molecule has 0 aromatic heterocycles. The predicted octanol–water partition coefficient (Wildman–Crippen LogP) is 3.38. The van der Waals surface area contributed by atoms with Crippen molar-refractivity contribution in [3.8, 4) is 5.75 Å². The summed E-state index contributed by atoms with van der Waals surface area (Å²) in [5.74, 6) is -0.163. The Balaban J connectivity index is 1.96. The van der Waals surface area contributed by atoms with Crippen molar-refractivity contribution >= 4 is 44.3 Å². The smallest absolute Gasteiger partial charge is 0.369 e. The lowest BCUT2D eigenvalue weighted by Crippen LogP contribution is -2.61. The van der Waals surface area contributed by atoms with Gasteiger partial charge in [-0.05, 0) is 74.2 Å². The molecule has 1 aliphatic rings. The fourth-order valence-electron chi connectivity index (χ4n) is 5.09. The van der Waals surface area contributed by atoms with Crippen LogP contribution in [0.25, 0.3) is 0 Å². The molecule has 12 nitrogen and oxygen atoms in total. The molecule has 0 bridgehead atoms. The number of fused-ring (bicyclic) bond motifs is 1. The molecule has 1 heterocycles. The van der Waals surface area contributed by atoms with Gasteiger partial charge >= 0.3 is 15.2 Å². The Morgan fingerprint density at radius 2 is 1.70 bits per heavy atom. The van der Waals surface area contributed by atoms with E-state index in [0.717, 1.165) is 5.56 Å². The summed E-state index contributed by atoms with van der Waals surface area (Å²) in [5, 5.41) is 10.0. The van der Waals surface area contributed by atoms with E-state index in [9.17, 15) is 43.4 Å². The quantitative estimate of drug-likeness (QED) is 0.161. The second-order valence-corrected chi connectivity index (χ2v) is 14.5. The highest BCUT2D eigenvalue weighted by molar-refractivity contribution is 7.72. The molecule has 2 aromatic carbocycles. The summed E-state index contributed by atoms with van der Waals surface area (Å²) in [4.78, 5) is 65.5. The molecular formula is C25H33ClN2O10P2. The van der Waals surface area contributed by atoms with Gasteiger partial charge in [0.15, 0.2) is 0 Å². The summed E-state index contributed by atoms with van der Waals surface area (Å²) in [6, 6.07) is 10.9. The Morgan fingerprint density at radius 1 is 1.10 bits per heavy atom. The molecule has 220 valence electrons. The molecule has 2 unspecified atom stereocenters. The first-order valence-corrected chi connectivity index (χ1v) is 15.9. The molecule has 0 spiro atoms. The highest BCUT2D eigenvalue weighted by Crippen LogP contribution is 2.69. The van der Waals surface area contributed by atoms with Crippen LogP contribution in [0.3, 0.4) is 0 Å². The molecule has 0 aliphatic carbocycles. The third kappa shape index (κ3) is 6.45. The Labute approximate surface area is 236 Å². The number of hydrogen-bond acceptors (Lipinski definition) is 6. The normalized spacial score (nSPS) is 18.3. The largest absolute Gasteiger partial charge is 0.497 e. The van der Waals surface area contributed by atoms with Crippen molar-refractivity contribution < 1.29 is 48.1 Å². The van der Waals surface area contributed by atoms with Crippen LogP contribution in [0.4, 0.5) is 5.69 Å². The number of unbranched alkanes of at least 4 members (excludes halogenated alkanes) is 1. The summed E-state index contributed by atoms with van der Waals surface area (Å²) in [6.45, 7) is 3.11. The second-order valence-electron chi connectivity index (χ2n) is 10.0. The van der Waals surface area contributed by atoms with E-state index in [-0.39, 0.29) is 31.1 Å². The average Bonchev–Trinajstić information content (AvgIpc) is 3.16. The molecule has 2 atom stereocenters. The van der Waals surface area contributed by atoms with Crippen molar-refractivity contribution in [2.75, 3.05) is 12.0 Å². The number of nitrogens with one attached hydrogen (secondary N) is 1. The Bertz CT molecular complexity index is 1340. The van der Waals surface area contributed by atoms with E-state index in [1.807, 2.05) is 0 Å². The van der Waals surface area contributed by atoms with Gasteiger partial charge in [-0.2, -0.15) is 0 Å². The Morgan fingerprint density at radius 3 is 2.23 bits per heavy atom. The number of hydrogen-bond donors (Lipinski definition) is 6. The van der Waals surface area contributed by atoms with E-state index >= 15 is 0 Å². The lowest BCUT2D eigenvalue weighted by Gasteiger charge is -2.42. The van der Waals surface area contributed by atoms with Crippen molar-refractivity contribution in [2.45, 2.75) is 62.6 Å². The minimum atomic E-state index is -5.59. The minimum absolute atomic E-state index is 0.103. The Kier molecular flexibility index (Phi) is 9.61. The number of carbonyl (C=O) groups excluding carboxylic acids is 2. The van der Waals surface area contributed by atoms with Gasteiger partial charge in [0.1, 0.15) is 5.75 Å². The van der Waals surface area contributed by atoms with Gasteiger partial charge in [0.05, 0.1) is 18.7 Å². The lowest BCUT2D eigenvalue weighted by atomic mass is 9.84. The molecule has 0 saturated heterocycles. The molecule has 1 aliphatic heterocycles.